The molecule has 0 aromatic carbocycles. The number of rotatable bonds is 8. The van der Waals surface area contributed by atoms with E-state index >= 15 is 0 Å². The maximum atomic E-state index is 4.58. The second-order valence-electron chi connectivity index (χ2n) is 5.73. The summed E-state index contributed by atoms with van der Waals surface area (Å²) in [6, 6.07) is 6.79. The highest BCUT2D eigenvalue weighted by molar-refractivity contribution is 5.12. The lowest BCUT2D eigenvalue weighted by Gasteiger charge is -2.23. The standard InChI is InChI=1S/C18H30N2/c1-6-9-17(20-16(5)14(3)7-2)12-13-18-11-8-10-15(4)19-18/h8-11,14,16,20H,6-7,12-13H2,1-5H3/b17-9+. The summed E-state index contributed by atoms with van der Waals surface area (Å²) in [6.07, 6.45) is 6.66. The quantitative estimate of drug-likeness (QED) is 0.747. The molecule has 0 saturated carbocycles. The number of aromatic nitrogens is 1. The average molecular weight is 274 g/mol. The molecule has 0 aliphatic heterocycles. The van der Waals surface area contributed by atoms with Crippen molar-refractivity contribution in [1.29, 1.82) is 0 Å². The Kier molecular flexibility index (Phi) is 7.35. The molecule has 1 heterocycles. The average Bonchev–Trinajstić information content (AvgIpc) is 2.44. The number of pyridine rings is 1. The van der Waals surface area contributed by atoms with Gasteiger partial charge >= 0.3 is 0 Å². The lowest BCUT2D eigenvalue weighted by molar-refractivity contribution is 0.412. The fourth-order valence-electron chi connectivity index (χ4n) is 2.27. The first kappa shape index (κ1) is 16.7. The fraction of sp³-hybridized carbons (Fsp3) is 0.611. The molecule has 20 heavy (non-hydrogen) atoms. The third-order valence-electron chi connectivity index (χ3n) is 3.96. The molecule has 0 saturated heterocycles. The molecule has 112 valence electrons. The van der Waals surface area contributed by atoms with Crippen molar-refractivity contribution in [2.24, 2.45) is 5.92 Å². The SMILES string of the molecule is CC/C=C(\CCc1cccc(C)n1)NC(C)C(C)CC. The van der Waals surface area contributed by atoms with Crippen molar-refractivity contribution in [3.05, 3.63) is 41.4 Å². The second-order valence-corrected chi connectivity index (χ2v) is 5.73. The first-order valence-electron chi connectivity index (χ1n) is 7.94. The molecule has 1 aromatic heterocycles. The molecular formula is C18H30N2. The van der Waals surface area contributed by atoms with Crippen LogP contribution in [-0.2, 0) is 6.42 Å². The zero-order valence-corrected chi connectivity index (χ0v) is 13.7. The summed E-state index contributed by atoms with van der Waals surface area (Å²) in [5, 5.41) is 3.69. The molecule has 2 heteroatoms. The zero-order valence-electron chi connectivity index (χ0n) is 13.7. The summed E-state index contributed by atoms with van der Waals surface area (Å²) in [5.74, 6) is 0.701. The van der Waals surface area contributed by atoms with Crippen LogP contribution in [0.5, 0.6) is 0 Å². The number of nitrogens with one attached hydrogen (secondary N) is 1. The van der Waals surface area contributed by atoms with E-state index < -0.39 is 0 Å². The van der Waals surface area contributed by atoms with E-state index in [1.807, 2.05) is 0 Å². The zero-order chi connectivity index (χ0) is 15.0. The summed E-state index contributed by atoms with van der Waals surface area (Å²) < 4.78 is 0. The third kappa shape index (κ3) is 5.77. The summed E-state index contributed by atoms with van der Waals surface area (Å²) in [6.45, 7) is 11.1. The molecule has 0 fully saturated rings. The molecule has 0 aliphatic rings. The molecular weight excluding hydrogens is 244 g/mol. The summed E-state index contributed by atoms with van der Waals surface area (Å²) in [4.78, 5) is 4.58. The largest absolute Gasteiger partial charge is 0.386 e. The minimum atomic E-state index is 0.531. The van der Waals surface area contributed by atoms with E-state index in [-0.39, 0.29) is 0 Å². The van der Waals surface area contributed by atoms with Crippen LogP contribution in [0.15, 0.2) is 30.0 Å². The number of hydrogen-bond donors (Lipinski definition) is 1. The molecule has 0 bridgehead atoms. The predicted molar refractivity (Wildman–Crippen MR) is 87.7 cm³/mol. The second kappa shape index (κ2) is 8.78. The van der Waals surface area contributed by atoms with Gasteiger partial charge in [-0.25, -0.2) is 0 Å². The van der Waals surface area contributed by atoms with Crippen molar-refractivity contribution < 1.29 is 0 Å². The molecule has 0 radical (unpaired) electrons. The third-order valence-corrected chi connectivity index (χ3v) is 3.96. The van der Waals surface area contributed by atoms with Crippen LogP contribution in [0.3, 0.4) is 0 Å². The smallest absolute Gasteiger partial charge is 0.0410 e. The lowest BCUT2D eigenvalue weighted by atomic mass is 10.00. The van der Waals surface area contributed by atoms with Gasteiger partial charge in [0.05, 0.1) is 0 Å². The Bertz CT molecular complexity index is 423. The van der Waals surface area contributed by atoms with Crippen LogP contribution in [0.2, 0.25) is 0 Å². The van der Waals surface area contributed by atoms with Gasteiger partial charge in [-0.3, -0.25) is 4.98 Å². The summed E-state index contributed by atoms with van der Waals surface area (Å²) in [7, 11) is 0. The van der Waals surface area contributed by atoms with Gasteiger partial charge < -0.3 is 5.32 Å². The van der Waals surface area contributed by atoms with E-state index in [1.165, 1.54) is 17.8 Å². The van der Waals surface area contributed by atoms with Crippen LogP contribution in [-0.4, -0.2) is 11.0 Å². The van der Waals surface area contributed by atoms with Crippen LogP contribution in [0.4, 0.5) is 0 Å². The van der Waals surface area contributed by atoms with Crippen LogP contribution in [0.25, 0.3) is 0 Å². The van der Waals surface area contributed by atoms with Crippen molar-refractivity contribution in [3.63, 3.8) is 0 Å². The first-order valence-corrected chi connectivity index (χ1v) is 7.94. The molecule has 0 spiro atoms. The lowest BCUT2D eigenvalue weighted by Crippen LogP contribution is -2.31. The first-order chi connectivity index (χ1) is 9.56. The van der Waals surface area contributed by atoms with Crippen molar-refractivity contribution in [2.45, 2.75) is 66.3 Å². The highest BCUT2D eigenvalue weighted by Gasteiger charge is 2.11. The van der Waals surface area contributed by atoms with Gasteiger partial charge in [0.1, 0.15) is 0 Å². The molecule has 0 aliphatic carbocycles. The van der Waals surface area contributed by atoms with E-state index in [1.54, 1.807) is 0 Å². The van der Waals surface area contributed by atoms with Gasteiger partial charge in [0.25, 0.3) is 0 Å². The van der Waals surface area contributed by atoms with Gasteiger partial charge in [0.15, 0.2) is 0 Å². The molecule has 1 N–H and O–H groups in total. The Morgan fingerprint density at radius 1 is 1.30 bits per heavy atom. The van der Waals surface area contributed by atoms with E-state index in [4.69, 9.17) is 0 Å². The van der Waals surface area contributed by atoms with Gasteiger partial charge in [0.2, 0.25) is 0 Å². The van der Waals surface area contributed by atoms with Crippen LogP contribution in [0, 0.1) is 12.8 Å². The van der Waals surface area contributed by atoms with Gasteiger partial charge in [0, 0.05) is 23.1 Å². The van der Waals surface area contributed by atoms with Gasteiger partial charge in [-0.15, -0.1) is 0 Å². The minimum Gasteiger partial charge on any atom is -0.386 e. The molecule has 2 unspecified atom stereocenters. The van der Waals surface area contributed by atoms with Gasteiger partial charge in [-0.1, -0.05) is 39.3 Å². The van der Waals surface area contributed by atoms with Crippen LogP contribution in [0.1, 0.15) is 58.3 Å². The highest BCUT2D eigenvalue weighted by Crippen LogP contribution is 2.12. The molecule has 2 nitrogen and oxygen atoms in total. The normalized spacial score (nSPS) is 14.9. The summed E-state index contributed by atoms with van der Waals surface area (Å²) in [5.41, 5.74) is 3.65. The Balaban J connectivity index is 2.57. The Morgan fingerprint density at radius 2 is 2.05 bits per heavy atom. The monoisotopic (exact) mass is 274 g/mol. The number of allylic oxidation sites excluding steroid dienone is 2. The van der Waals surface area contributed by atoms with E-state index in [2.05, 4.69) is 69.2 Å². The van der Waals surface area contributed by atoms with E-state index in [9.17, 15) is 0 Å². The van der Waals surface area contributed by atoms with Crippen LogP contribution >= 0.6 is 0 Å². The number of hydrogen-bond acceptors (Lipinski definition) is 2. The van der Waals surface area contributed by atoms with E-state index in [0.717, 1.165) is 25.0 Å². The van der Waals surface area contributed by atoms with Crippen molar-refractivity contribution in [2.75, 3.05) is 0 Å². The predicted octanol–water partition coefficient (Wildman–Crippen LogP) is 4.64. The fourth-order valence-corrected chi connectivity index (χ4v) is 2.27. The highest BCUT2D eigenvalue weighted by atomic mass is 14.9. The molecule has 1 aromatic rings. The minimum absolute atomic E-state index is 0.531. The van der Waals surface area contributed by atoms with Crippen molar-refractivity contribution in [3.8, 4) is 0 Å². The Hall–Kier alpha value is -1.31. The van der Waals surface area contributed by atoms with Crippen molar-refractivity contribution >= 4 is 0 Å². The summed E-state index contributed by atoms with van der Waals surface area (Å²) >= 11 is 0. The number of aryl methyl sites for hydroxylation is 2. The maximum Gasteiger partial charge on any atom is 0.0410 e. The van der Waals surface area contributed by atoms with Crippen molar-refractivity contribution in [1.82, 2.24) is 10.3 Å². The Morgan fingerprint density at radius 3 is 2.65 bits per heavy atom. The van der Waals surface area contributed by atoms with Crippen LogP contribution < -0.4 is 5.32 Å². The van der Waals surface area contributed by atoms with Gasteiger partial charge in [-0.2, -0.15) is 0 Å². The van der Waals surface area contributed by atoms with E-state index in [0.29, 0.717) is 12.0 Å². The molecule has 1 rings (SSSR count). The molecule has 0 amide bonds. The Labute approximate surface area is 124 Å². The molecule has 2 atom stereocenters. The maximum absolute atomic E-state index is 4.58. The van der Waals surface area contributed by atoms with Gasteiger partial charge in [-0.05, 0) is 51.2 Å². The number of nitrogens with zero attached hydrogens (tertiary/aromatic N) is 1. The topological polar surface area (TPSA) is 24.9 Å².